The second kappa shape index (κ2) is 5.04. The van der Waals surface area contributed by atoms with E-state index in [2.05, 4.69) is 5.32 Å². The van der Waals surface area contributed by atoms with Crippen LogP contribution in [0.5, 0.6) is 0 Å². The zero-order valence-electron chi connectivity index (χ0n) is 7.82. The van der Waals surface area contributed by atoms with Crippen LogP contribution in [0.15, 0.2) is 30.3 Å². The molecule has 1 aromatic carbocycles. The first-order valence-electron chi connectivity index (χ1n) is 4.17. The van der Waals surface area contributed by atoms with Crippen molar-refractivity contribution in [1.82, 2.24) is 5.48 Å². The molecule has 4 heteroatoms. The Morgan fingerprint density at radius 1 is 1.43 bits per heavy atom. The summed E-state index contributed by atoms with van der Waals surface area (Å²) in [5.74, 6) is -0.545. The SMILES string of the molecule is CNc1ccccc1/C=C/C(=O)NO. The lowest BCUT2D eigenvalue weighted by atomic mass is 10.1. The van der Waals surface area contributed by atoms with Gasteiger partial charge in [-0.3, -0.25) is 10.0 Å². The van der Waals surface area contributed by atoms with E-state index in [4.69, 9.17) is 5.21 Å². The van der Waals surface area contributed by atoms with Gasteiger partial charge in [-0.1, -0.05) is 18.2 Å². The summed E-state index contributed by atoms with van der Waals surface area (Å²) < 4.78 is 0. The smallest absolute Gasteiger partial charge is 0.267 e. The number of anilines is 1. The molecule has 0 radical (unpaired) electrons. The number of carbonyl (C=O) groups is 1. The van der Waals surface area contributed by atoms with E-state index < -0.39 is 5.91 Å². The number of hydroxylamine groups is 1. The molecular formula is C10H12N2O2. The topological polar surface area (TPSA) is 61.4 Å². The lowest BCUT2D eigenvalue weighted by Crippen LogP contribution is -2.14. The van der Waals surface area contributed by atoms with Gasteiger partial charge in [-0.25, -0.2) is 5.48 Å². The Morgan fingerprint density at radius 2 is 2.14 bits per heavy atom. The van der Waals surface area contributed by atoms with E-state index in [0.29, 0.717) is 0 Å². The molecule has 0 saturated carbocycles. The van der Waals surface area contributed by atoms with E-state index in [1.54, 1.807) is 13.1 Å². The van der Waals surface area contributed by atoms with Crippen LogP contribution in [0.1, 0.15) is 5.56 Å². The number of carbonyl (C=O) groups excluding carboxylic acids is 1. The van der Waals surface area contributed by atoms with Gasteiger partial charge in [0.1, 0.15) is 0 Å². The second-order valence-electron chi connectivity index (χ2n) is 2.65. The summed E-state index contributed by atoms with van der Waals surface area (Å²) in [6.45, 7) is 0. The average molecular weight is 192 g/mol. The first-order chi connectivity index (χ1) is 6.77. The molecule has 1 aromatic rings. The van der Waals surface area contributed by atoms with Crippen LogP contribution in [-0.4, -0.2) is 18.2 Å². The summed E-state index contributed by atoms with van der Waals surface area (Å²) in [4.78, 5) is 10.7. The van der Waals surface area contributed by atoms with Crippen molar-refractivity contribution >= 4 is 17.7 Å². The predicted octanol–water partition coefficient (Wildman–Crippen LogP) is 1.25. The van der Waals surface area contributed by atoms with Crippen molar-refractivity contribution in [3.63, 3.8) is 0 Å². The molecule has 0 aliphatic heterocycles. The maximum atomic E-state index is 10.7. The number of hydrogen-bond donors (Lipinski definition) is 3. The average Bonchev–Trinajstić information content (AvgIpc) is 2.26. The minimum atomic E-state index is -0.545. The first kappa shape index (κ1) is 10.3. The van der Waals surface area contributed by atoms with Gasteiger partial charge in [-0.05, 0) is 17.7 Å². The molecule has 3 N–H and O–H groups in total. The third-order valence-corrected chi connectivity index (χ3v) is 1.75. The van der Waals surface area contributed by atoms with Gasteiger partial charge in [-0.2, -0.15) is 0 Å². The fourth-order valence-electron chi connectivity index (χ4n) is 1.07. The number of rotatable bonds is 3. The van der Waals surface area contributed by atoms with Crippen LogP contribution in [0.3, 0.4) is 0 Å². The van der Waals surface area contributed by atoms with E-state index in [0.717, 1.165) is 11.3 Å². The summed E-state index contributed by atoms with van der Waals surface area (Å²) in [7, 11) is 1.80. The third-order valence-electron chi connectivity index (χ3n) is 1.75. The molecule has 0 aromatic heterocycles. The predicted molar refractivity (Wildman–Crippen MR) is 55.0 cm³/mol. The Labute approximate surface area is 82.2 Å². The fraction of sp³-hybridized carbons (Fsp3) is 0.100. The molecule has 1 rings (SSSR count). The summed E-state index contributed by atoms with van der Waals surface area (Å²) in [6, 6.07) is 7.54. The van der Waals surface area contributed by atoms with E-state index in [1.807, 2.05) is 24.3 Å². The van der Waals surface area contributed by atoms with Gasteiger partial charge in [-0.15, -0.1) is 0 Å². The molecule has 0 unspecified atom stereocenters. The first-order valence-corrected chi connectivity index (χ1v) is 4.17. The minimum Gasteiger partial charge on any atom is -0.388 e. The Bertz CT molecular complexity index is 348. The standard InChI is InChI=1S/C10H12N2O2/c1-11-9-5-3-2-4-8(9)6-7-10(13)12-14/h2-7,11,14H,1H3,(H,12,13)/b7-6+. The molecule has 0 aliphatic carbocycles. The zero-order chi connectivity index (χ0) is 10.4. The van der Waals surface area contributed by atoms with Crippen LogP contribution < -0.4 is 10.8 Å². The van der Waals surface area contributed by atoms with Crippen molar-refractivity contribution in [2.75, 3.05) is 12.4 Å². The number of para-hydroxylation sites is 1. The fourth-order valence-corrected chi connectivity index (χ4v) is 1.07. The van der Waals surface area contributed by atoms with E-state index in [1.165, 1.54) is 11.6 Å². The van der Waals surface area contributed by atoms with Gasteiger partial charge in [0.05, 0.1) is 0 Å². The van der Waals surface area contributed by atoms with Gasteiger partial charge >= 0.3 is 0 Å². The highest BCUT2D eigenvalue weighted by Crippen LogP contribution is 2.15. The highest BCUT2D eigenvalue weighted by atomic mass is 16.5. The molecule has 0 aliphatic rings. The molecule has 14 heavy (non-hydrogen) atoms. The van der Waals surface area contributed by atoms with Crippen molar-refractivity contribution in [3.8, 4) is 0 Å². The van der Waals surface area contributed by atoms with Crippen molar-refractivity contribution in [2.45, 2.75) is 0 Å². The molecular weight excluding hydrogens is 180 g/mol. The molecule has 0 saturated heterocycles. The maximum absolute atomic E-state index is 10.7. The second-order valence-corrected chi connectivity index (χ2v) is 2.65. The number of nitrogens with one attached hydrogen (secondary N) is 2. The summed E-state index contributed by atoms with van der Waals surface area (Å²) in [5.41, 5.74) is 3.34. The van der Waals surface area contributed by atoms with Gasteiger partial charge in [0.15, 0.2) is 0 Å². The Morgan fingerprint density at radius 3 is 2.79 bits per heavy atom. The monoisotopic (exact) mass is 192 g/mol. The molecule has 1 amide bonds. The number of benzene rings is 1. The van der Waals surface area contributed by atoms with Crippen LogP contribution in [0.2, 0.25) is 0 Å². The summed E-state index contributed by atoms with van der Waals surface area (Å²) in [6.07, 6.45) is 2.88. The third kappa shape index (κ3) is 2.60. The molecule has 0 bridgehead atoms. The van der Waals surface area contributed by atoms with Gasteiger partial charge in [0, 0.05) is 18.8 Å². The largest absolute Gasteiger partial charge is 0.388 e. The van der Waals surface area contributed by atoms with E-state index in [9.17, 15) is 4.79 Å². The van der Waals surface area contributed by atoms with E-state index in [-0.39, 0.29) is 0 Å². The van der Waals surface area contributed by atoms with Crippen molar-refractivity contribution < 1.29 is 10.0 Å². The quantitative estimate of drug-likeness (QED) is 0.383. The van der Waals surface area contributed by atoms with Crippen molar-refractivity contribution in [2.24, 2.45) is 0 Å². The number of amides is 1. The van der Waals surface area contributed by atoms with E-state index >= 15 is 0 Å². The molecule has 0 fully saturated rings. The Balaban J connectivity index is 2.85. The highest BCUT2D eigenvalue weighted by molar-refractivity contribution is 5.91. The van der Waals surface area contributed by atoms with Crippen LogP contribution in [0, 0.1) is 0 Å². The molecule has 4 nitrogen and oxygen atoms in total. The summed E-state index contributed by atoms with van der Waals surface area (Å²) >= 11 is 0. The summed E-state index contributed by atoms with van der Waals surface area (Å²) in [5, 5.41) is 11.3. The van der Waals surface area contributed by atoms with Gasteiger partial charge in [0.2, 0.25) is 0 Å². The van der Waals surface area contributed by atoms with Gasteiger partial charge < -0.3 is 5.32 Å². The zero-order valence-corrected chi connectivity index (χ0v) is 7.82. The highest BCUT2D eigenvalue weighted by Gasteiger charge is 1.95. The van der Waals surface area contributed by atoms with Gasteiger partial charge in [0.25, 0.3) is 5.91 Å². The van der Waals surface area contributed by atoms with Crippen molar-refractivity contribution in [1.29, 1.82) is 0 Å². The molecule has 0 spiro atoms. The Hall–Kier alpha value is -1.81. The van der Waals surface area contributed by atoms with Crippen LogP contribution in [0.4, 0.5) is 5.69 Å². The number of hydrogen-bond acceptors (Lipinski definition) is 3. The van der Waals surface area contributed by atoms with Crippen LogP contribution in [-0.2, 0) is 4.79 Å². The maximum Gasteiger partial charge on any atom is 0.267 e. The minimum absolute atomic E-state index is 0.545. The molecule has 74 valence electrons. The lowest BCUT2D eigenvalue weighted by molar-refractivity contribution is -0.124. The normalized spacial score (nSPS) is 10.1. The van der Waals surface area contributed by atoms with Crippen LogP contribution in [0.25, 0.3) is 6.08 Å². The lowest BCUT2D eigenvalue weighted by Gasteiger charge is -2.03. The molecule has 0 atom stereocenters. The molecule has 0 heterocycles. The van der Waals surface area contributed by atoms with Crippen molar-refractivity contribution in [3.05, 3.63) is 35.9 Å². The Kier molecular flexibility index (Phi) is 3.69. The van der Waals surface area contributed by atoms with Crippen LogP contribution >= 0.6 is 0 Å².